The van der Waals surface area contributed by atoms with Crippen molar-refractivity contribution in [2.45, 2.75) is 63.2 Å². The minimum absolute atomic E-state index is 0.0377. The van der Waals surface area contributed by atoms with Gasteiger partial charge in [-0.2, -0.15) is 8.42 Å². The van der Waals surface area contributed by atoms with Gasteiger partial charge in [-0.1, -0.05) is 38.5 Å². The number of rotatable bonds is 8. The van der Waals surface area contributed by atoms with Crippen LogP contribution in [-0.4, -0.2) is 35.7 Å². The Balaban J connectivity index is 2.82. The van der Waals surface area contributed by atoms with Crippen LogP contribution in [0.15, 0.2) is 29.2 Å². The highest BCUT2D eigenvalue weighted by molar-refractivity contribution is 7.86. The van der Waals surface area contributed by atoms with Crippen LogP contribution in [0.1, 0.15) is 32.8 Å². The highest BCUT2D eigenvalue weighted by atomic mass is 32.2. The van der Waals surface area contributed by atoms with Crippen molar-refractivity contribution in [2.24, 2.45) is 0 Å². The van der Waals surface area contributed by atoms with Crippen molar-refractivity contribution >= 4 is 24.7 Å². The Bertz CT molecular complexity index is 645. The summed E-state index contributed by atoms with van der Waals surface area (Å²) in [6, 6.07) is 6.44. The van der Waals surface area contributed by atoms with Gasteiger partial charge in [0.2, 0.25) is 0 Å². The third kappa shape index (κ3) is 5.80. The van der Waals surface area contributed by atoms with Crippen LogP contribution < -0.4 is 0 Å². The molecule has 7 heteroatoms. The van der Waals surface area contributed by atoms with E-state index in [4.69, 9.17) is 8.61 Å². The maximum atomic E-state index is 12.3. The molecule has 0 aliphatic rings. The van der Waals surface area contributed by atoms with Gasteiger partial charge in [-0.15, -0.1) is 0 Å². The number of hydrogen-bond acceptors (Lipinski definition) is 5. The molecule has 1 aromatic rings. The number of aldehydes is 1. The van der Waals surface area contributed by atoms with Crippen LogP contribution in [0, 0.1) is 6.92 Å². The van der Waals surface area contributed by atoms with E-state index in [-0.39, 0.29) is 23.0 Å². The molecule has 0 radical (unpaired) electrons. The molecule has 0 heterocycles. The molecule has 0 fully saturated rings. The SMILES string of the molecule is Cc1ccc(S(=O)(=O)OC[C@H](CC=O)O[Si](C)(C)C(C)(C)C)cc1. The zero-order valence-corrected chi connectivity index (χ0v) is 17.1. The summed E-state index contributed by atoms with van der Waals surface area (Å²) in [5, 5.41) is -0.0377. The van der Waals surface area contributed by atoms with Crippen molar-refractivity contribution in [2.75, 3.05) is 6.61 Å². The molecule has 0 N–H and O–H groups in total. The topological polar surface area (TPSA) is 69.7 Å². The lowest BCUT2D eigenvalue weighted by Crippen LogP contribution is -2.45. The molecule has 5 nitrogen and oxygen atoms in total. The second-order valence-corrected chi connectivity index (χ2v) is 13.8. The van der Waals surface area contributed by atoms with Gasteiger partial charge in [-0.3, -0.25) is 4.18 Å². The highest BCUT2D eigenvalue weighted by Gasteiger charge is 2.39. The van der Waals surface area contributed by atoms with Crippen molar-refractivity contribution in [3.63, 3.8) is 0 Å². The van der Waals surface area contributed by atoms with Crippen LogP contribution in [0.5, 0.6) is 0 Å². The Hall–Kier alpha value is -1.02. The monoisotopic (exact) mass is 372 g/mol. The van der Waals surface area contributed by atoms with Gasteiger partial charge in [0.15, 0.2) is 8.32 Å². The summed E-state index contributed by atoms with van der Waals surface area (Å²) >= 11 is 0. The molecular weight excluding hydrogens is 344 g/mol. The van der Waals surface area contributed by atoms with E-state index < -0.39 is 24.5 Å². The number of aryl methyl sites for hydroxylation is 1. The minimum Gasteiger partial charge on any atom is -0.411 e. The molecule has 1 atom stereocenters. The molecule has 0 bridgehead atoms. The number of carbonyl (C=O) groups excluding carboxylic acids is 1. The van der Waals surface area contributed by atoms with Crippen molar-refractivity contribution in [3.8, 4) is 0 Å². The number of carbonyl (C=O) groups is 1. The molecule has 0 aliphatic heterocycles. The predicted octanol–water partition coefficient (Wildman–Crippen LogP) is 3.68. The lowest BCUT2D eigenvalue weighted by molar-refractivity contribution is -0.109. The molecule has 0 amide bonds. The predicted molar refractivity (Wildman–Crippen MR) is 97.1 cm³/mol. The quantitative estimate of drug-likeness (QED) is 0.395. The van der Waals surface area contributed by atoms with E-state index in [1.807, 2.05) is 6.92 Å². The van der Waals surface area contributed by atoms with E-state index in [1.54, 1.807) is 12.1 Å². The lowest BCUT2D eigenvalue weighted by atomic mass is 10.2. The summed E-state index contributed by atoms with van der Waals surface area (Å²) in [7, 11) is -5.98. The molecule has 0 saturated heterocycles. The van der Waals surface area contributed by atoms with Gasteiger partial charge < -0.3 is 9.22 Å². The zero-order valence-electron chi connectivity index (χ0n) is 15.3. The Kier molecular flexibility index (Phi) is 6.92. The summed E-state index contributed by atoms with van der Waals surface area (Å²) in [4.78, 5) is 11.0. The van der Waals surface area contributed by atoms with E-state index in [0.717, 1.165) is 11.8 Å². The molecule has 0 spiro atoms. The zero-order chi connectivity index (χ0) is 18.6. The summed E-state index contributed by atoms with van der Waals surface area (Å²) in [6.45, 7) is 12.1. The fraction of sp³-hybridized carbons (Fsp3) is 0.588. The van der Waals surface area contributed by atoms with Crippen molar-refractivity contribution in [1.29, 1.82) is 0 Å². The van der Waals surface area contributed by atoms with E-state index in [0.29, 0.717) is 0 Å². The van der Waals surface area contributed by atoms with E-state index in [2.05, 4.69) is 33.9 Å². The Morgan fingerprint density at radius 2 is 1.71 bits per heavy atom. The van der Waals surface area contributed by atoms with Crippen molar-refractivity contribution in [1.82, 2.24) is 0 Å². The number of benzene rings is 1. The van der Waals surface area contributed by atoms with Gasteiger partial charge in [0.25, 0.3) is 10.1 Å². The fourth-order valence-corrected chi connectivity index (χ4v) is 4.08. The van der Waals surface area contributed by atoms with E-state index in [1.165, 1.54) is 12.1 Å². The summed E-state index contributed by atoms with van der Waals surface area (Å²) in [6.07, 6.45) is 0.277. The van der Waals surface area contributed by atoms with Crippen molar-refractivity contribution < 1.29 is 21.8 Å². The molecule has 0 aromatic heterocycles. The second-order valence-electron chi connectivity index (χ2n) is 7.45. The first-order valence-electron chi connectivity index (χ1n) is 7.96. The van der Waals surface area contributed by atoms with Crippen LogP contribution in [-0.2, 0) is 23.5 Å². The summed E-state index contributed by atoms with van der Waals surface area (Å²) < 4.78 is 35.8. The van der Waals surface area contributed by atoms with Crippen LogP contribution in [0.2, 0.25) is 18.1 Å². The van der Waals surface area contributed by atoms with E-state index in [9.17, 15) is 13.2 Å². The Morgan fingerprint density at radius 1 is 1.17 bits per heavy atom. The molecule has 0 aliphatic carbocycles. The van der Waals surface area contributed by atoms with Gasteiger partial charge in [-0.25, -0.2) is 0 Å². The smallest absolute Gasteiger partial charge is 0.297 e. The Labute approximate surface area is 146 Å². The highest BCUT2D eigenvalue weighted by Crippen LogP contribution is 2.37. The lowest BCUT2D eigenvalue weighted by Gasteiger charge is -2.38. The van der Waals surface area contributed by atoms with Gasteiger partial charge in [0.1, 0.15) is 6.29 Å². The molecule has 1 rings (SSSR count). The van der Waals surface area contributed by atoms with Crippen LogP contribution in [0.25, 0.3) is 0 Å². The second kappa shape index (κ2) is 7.90. The normalized spacial score (nSPS) is 14.4. The third-order valence-electron chi connectivity index (χ3n) is 4.35. The largest absolute Gasteiger partial charge is 0.411 e. The third-order valence-corrected chi connectivity index (χ3v) is 10.2. The average Bonchev–Trinajstić information content (AvgIpc) is 2.44. The molecule has 136 valence electrons. The first kappa shape index (κ1) is 21.0. The van der Waals surface area contributed by atoms with Crippen LogP contribution in [0.4, 0.5) is 0 Å². The van der Waals surface area contributed by atoms with Gasteiger partial charge >= 0.3 is 0 Å². The molecule has 0 unspecified atom stereocenters. The standard InChI is InChI=1S/C17H28O5SSi/c1-14-7-9-16(10-8-14)23(19,20)21-13-15(11-12-18)22-24(5,6)17(2,3)4/h7-10,12,15H,11,13H2,1-6H3/t15-/m0/s1. The van der Waals surface area contributed by atoms with Gasteiger partial charge in [0, 0.05) is 6.42 Å². The molecule has 0 saturated carbocycles. The fourth-order valence-electron chi connectivity index (χ4n) is 1.79. The minimum atomic E-state index is -3.86. The van der Waals surface area contributed by atoms with Gasteiger partial charge in [-0.05, 0) is 37.2 Å². The van der Waals surface area contributed by atoms with Gasteiger partial charge in [0.05, 0.1) is 17.6 Å². The maximum Gasteiger partial charge on any atom is 0.297 e. The molecule has 24 heavy (non-hydrogen) atoms. The first-order chi connectivity index (χ1) is 10.9. The van der Waals surface area contributed by atoms with E-state index >= 15 is 0 Å². The average molecular weight is 373 g/mol. The summed E-state index contributed by atoms with van der Waals surface area (Å²) in [5.41, 5.74) is 0.967. The van der Waals surface area contributed by atoms with Crippen molar-refractivity contribution in [3.05, 3.63) is 29.8 Å². The number of hydrogen-bond donors (Lipinski definition) is 0. The maximum absolute atomic E-state index is 12.3. The molecular formula is C17H28O5SSi. The van der Waals surface area contributed by atoms with Crippen LogP contribution in [0.3, 0.4) is 0 Å². The Morgan fingerprint density at radius 3 is 2.17 bits per heavy atom. The molecule has 1 aromatic carbocycles. The summed E-state index contributed by atoms with van der Waals surface area (Å²) in [5.74, 6) is 0. The first-order valence-corrected chi connectivity index (χ1v) is 12.3. The van der Waals surface area contributed by atoms with Crippen LogP contribution >= 0.6 is 0 Å².